The van der Waals surface area contributed by atoms with Gasteiger partial charge < -0.3 is 19.5 Å². The number of hydrogen-bond donors (Lipinski definition) is 1. The summed E-state index contributed by atoms with van der Waals surface area (Å²) in [6.07, 6.45) is 0. The Morgan fingerprint density at radius 2 is 1.83 bits per heavy atom. The lowest BCUT2D eigenvalue weighted by Crippen LogP contribution is -2.43. The van der Waals surface area contributed by atoms with Gasteiger partial charge in [0.25, 0.3) is 5.91 Å². The fraction of sp³-hybridized carbons (Fsp3) is 0.381. The van der Waals surface area contributed by atoms with Gasteiger partial charge >= 0.3 is 0 Å². The monoisotopic (exact) mass is 438 g/mol. The van der Waals surface area contributed by atoms with Gasteiger partial charge in [0.2, 0.25) is 0 Å². The van der Waals surface area contributed by atoms with Gasteiger partial charge in [-0.25, -0.2) is 0 Å². The van der Waals surface area contributed by atoms with E-state index in [1.807, 2.05) is 24.3 Å². The third-order valence-electron chi connectivity index (χ3n) is 4.89. The molecule has 156 valence electrons. The Bertz CT molecular complexity index is 839. The molecule has 1 aliphatic rings. The molecule has 0 radical (unpaired) electrons. The minimum absolute atomic E-state index is 0.00994. The summed E-state index contributed by atoms with van der Waals surface area (Å²) in [4.78, 5) is 15.1. The maximum atomic E-state index is 12.8. The molecule has 1 heterocycles. The van der Waals surface area contributed by atoms with E-state index in [0.717, 1.165) is 18.7 Å². The summed E-state index contributed by atoms with van der Waals surface area (Å²) >= 11 is 12.3. The fourth-order valence-electron chi connectivity index (χ4n) is 3.37. The first-order chi connectivity index (χ1) is 14.0. The van der Waals surface area contributed by atoms with E-state index in [-0.39, 0.29) is 11.9 Å². The second kappa shape index (κ2) is 10.2. The summed E-state index contributed by atoms with van der Waals surface area (Å²) in [7, 11) is 3.01. The predicted molar refractivity (Wildman–Crippen MR) is 113 cm³/mol. The van der Waals surface area contributed by atoms with E-state index in [1.165, 1.54) is 14.2 Å². The molecular weight excluding hydrogens is 415 g/mol. The van der Waals surface area contributed by atoms with Crippen molar-refractivity contribution in [1.82, 2.24) is 10.2 Å². The van der Waals surface area contributed by atoms with Gasteiger partial charge in [-0.1, -0.05) is 35.3 Å². The third-order valence-corrected chi connectivity index (χ3v) is 5.43. The number of benzene rings is 2. The zero-order valence-corrected chi connectivity index (χ0v) is 17.9. The molecule has 0 saturated carbocycles. The maximum absolute atomic E-state index is 12.8. The number of morpholine rings is 1. The first-order valence-corrected chi connectivity index (χ1v) is 10.1. The molecule has 1 amide bonds. The van der Waals surface area contributed by atoms with E-state index in [4.69, 9.17) is 37.4 Å². The molecule has 1 fully saturated rings. The number of rotatable bonds is 7. The zero-order chi connectivity index (χ0) is 20.8. The van der Waals surface area contributed by atoms with Gasteiger partial charge in [-0.2, -0.15) is 0 Å². The van der Waals surface area contributed by atoms with Crippen LogP contribution in [0.3, 0.4) is 0 Å². The summed E-state index contributed by atoms with van der Waals surface area (Å²) < 4.78 is 16.0. The van der Waals surface area contributed by atoms with Gasteiger partial charge in [-0.05, 0) is 29.8 Å². The second-order valence-electron chi connectivity index (χ2n) is 6.62. The summed E-state index contributed by atoms with van der Waals surface area (Å²) in [6, 6.07) is 10.9. The van der Waals surface area contributed by atoms with Gasteiger partial charge in [0, 0.05) is 30.2 Å². The van der Waals surface area contributed by atoms with E-state index < -0.39 is 0 Å². The van der Waals surface area contributed by atoms with Crippen molar-refractivity contribution >= 4 is 29.1 Å². The van der Waals surface area contributed by atoms with Crippen molar-refractivity contribution in [2.45, 2.75) is 6.04 Å². The number of carbonyl (C=O) groups is 1. The van der Waals surface area contributed by atoms with Crippen LogP contribution in [-0.4, -0.2) is 57.9 Å². The van der Waals surface area contributed by atoms with Gasteiger partial charge in [0.1, 0.15) is 0 Å². The molecule has 0 spiro atoms. The second-order valence-corrected chi connectivity index (χ2v) is 7.46. The van der Waals surface area contributed by atoms with Crippen molar-refractivity contribution < 1.29 is 19.0 Å². The van der Waals surface area contributed by atoms with Crippen molar-refractivity contribution in [3.8, 4) is 11.5 Å². The van der Waals surface area contributed by atoms with Gasteiger partial charge in [0.15, 0.2) is 11.5 Å². The summed E-state index contributed by atoms with van der Waals surface area (Å²) in [5, 5.41) is 4.01. The Kier molecular flexibility index (Phi) is 7.61. The van der Waals surface area contributed by atoms with Crippen LogP contribution in [0.25, 0.3) is 0 Å². The molecule has 8 heteroatoms. The first kappa shape index (κ1) is 21.7. The highest BCUT2D eigenvalue weighted by Crippen LogP contribution is 2.36. The van der Waals surface area contributed by atoms with Crippen LogP contribution in [0.2, 0.25) is 10.0 Å². The molecule has 1 saturated heterocycles. The van der Waals surface area contributed by atoms with E-state index in [2.05, 4.69) is 10.2 Å². The molecule has 0 bridgehead atoms. The van der Waals surface area contributed by atoms with Crippen LogP contribution >= 0.6 is 23.2 Å². The topological polar surface area (TPSA) is 60.0 Å². The highest BCUT2D eigenvalue weighted by atomic mass is 35.5. The number of hydrogen-bond acceptors (Lipinski definition) is 5. The normalized spacial score (nSPS) is 15.6. The molecule has 2 aromatic rings. The van der Waals surface area contributed by atoms with E-state index in [0.29, 0.717) is 46.9 Å². The van der Waals surface area contributed by atoms with Crippen molar-refractivity contribution in [2.75, 3.05) is 47.1 Å². The number of nitrogens with one attached hydrogen (secondary N) is 1. The average molecular weight is 439 g/mol. The van der Waals surface area contributed by atoms with E-state index in [1.54, 1.807) is 12.1 Å². The largest absolute Gasteiger partial charge is 0.493 e. The molecule has 1 N–H and O–H groups in total. The van der Waals surface area contributed by atoms with Crippen molar-refractivity contribution in [2.24, 2.45) is 0 Å². The van der Waals surface area contributed by atoms with Crippen molar-refractivity contribution in [3.05, 3.63) is 57.6 Å². The molecule has 6 nitrogen and oxygen atoms in total. The van der Waals surface area contributed by atoms with E-state index >= 15 is 0 Å². The van der Waals surface area contributed by atoms with Crippen LogP contribution < -0.4 is 14.8 Å². The number of carbonyl (C=O) groups excluding carboxylic acids is 1. The van der Waals surface area contributed by atoms with Gasteiger partial charge in [0.05, 0.1) is 38.5 Å². The quantitative estimate of drug-likeness (QED) is 0.711. The molecule has 0 aliphatic carbocycles. The summed E-state index contributed by atoms with van der Waals surface area (Å²) in [6.45, 7) is 3.37. The first-order valence-electron chi connectivity index (χ1n) is 9.30. The van der Waals surface area contributed by atoms with Crippen molar-refractivity contribution in [3.63, 3.8) is 0 Å². The highest BCUT2D eigenvalue weighted by Gasteiger charge is 2.24. The molecule has 1 aliphatic heterocycles. The Hall–Kier alpha value is -1.99. The molecule has 1 unspecified atom stereocenters. The lowest BCUT2D eigenvalue weighted by molar-refractivity contribution is 0.0162. The maximum Gasteiger partial charge on any atom is 0.251 e. The van der Waals surface area contributed by atoms with Crippen LogP contribution in [0.4, 0.5) is 0 Å². The molecule has 29 heavy (non-hydrogen) atoms. The Morgan fingerprint density at radius 1 is 1.14 bits per heavy atom. The Balaban J connectivity index is 1.77. The average Bonchev–Trinajstić information content (AvgIpc) is 2.75. The van der Waals surface area contributed by atoms with Crippen LogP contribution in [-0.2, 0) is 4.74 Å². The predicted octanol–water partition coefficient (Wildman–Crippen LogP) is 3.81. The van der Waals surface area contributed by atoms with E-state index in [9.17, 15) is 4.79 Å². The van der Waals surface area contributed by atoms with Crippen LogP contribution in [0.15, 0.2) is 36.4 Å². The standard InChI is InChI=1S/C21H24Cl2N2O4/c1-27-19-12-15(11-17(23)20(19)28-2)21(26)24-13-18(25-7-9-29-10-8-25)14-3-5-16(22)6-4-14/h3-6,11-12,18H,7-10,13H2,1-2H3,(H,24,26). The number of amides is 1. The minimum Gasteiger partial charge on any atom is -0.493 e. The lowest BCUT2D eigenvalue weighted by Gasteiger charge is -2.35. The number of halogens is 2. The smallest absolute Gasteiger partial charge is 0.251 e. The number of nitrogens with zero attached hydrogens (tertiary/aromatic N) is 1. The summed E-state index contributed by atoms with van der Waals surface area (Å²) in [5.74, 6) is 0.575. The Labute approximate surface area is 180 Å². The van der Waals surface area contributed by atoms with Crippen LogP contribution in [0, 0.1) is 0 Å². The minimum atomic E-state index is -0.236. The highest BCUT2D eigenvalue weighted by molar-refractivity contribution is 6.32. The number of ether oxygens (including phenoxy) is 3. The SMILES string of the molecule is COc1cc(C(=O)NCC(c2ccc(Cl)cc2)N2CCOCC2)cc(Cl)c1OC. The van der Waals surface area contributed by atoms with Crippen LogP contribution in [0.5, 0.6) is 11.5 Å². The zero-order valence-electron chi connectivity index (χ0n) is 16.4. The third kappa shape index (κ3) is 5.34. The number of methoxy groups -OCH3 is 2. The lowest BCUT2D eigenvalue weighted by atomic mass is 10.0. The molecular formula is C21H24Cl2N2O4. The fourth-order valence-corrected chi connectivity index (χ4v) is 3.79. The van der Waals surface area contributed by atoms with Gasteiger partial charge in [-0.3, -0.25) is 9.69 Å². The molecule has 0 aromatic heterocycles. The van der Waals surface area contributed by atoms with Gasteiger partial charge in [-0.15, -0.1) is 0 Å². The molecule has 1 atom stereocenters. The molecule has 2 aromatic carbocycles. The summed E-state index contributed by atoms with van der Waals surface area (Å²) in [5.41, 5.74) is 1.49. The Morgan fingerprint density at radius 3 is 2.45 bits per heavy atom. The van der Waals surface area contributed by atoms with Crippen molar-refractivity contribution in [1.29, 1.82) is 0 Å². The molecule has 3 rings (SSSR count). The van der Waals surface area contributed by atoms with Crippen LogP contribution in [0.1, 0.15) is 22.0 Å².